The third-order valence-electron chi connectivity index (χ3n) is 4.36. The van der Waals surface area contributed by atoms with E-state index >= 15 is 0 Å². The van der Waals surface area contributed by atoms with Crippen LogP contribution in [0.5, 0.6) is 11.5 Å². The van der Waals surface area contributed by atoms with Crippen LogP contribution in [0.1, 0.15) is 23.6 Å². The molecule has 3 rings (SSSR count). The van der Waals surface area contributed by atoms with Crippen LogP contribution < -0.4 is 10.4 Å². The Morgan fingerprint density at radius 1 is 1.18 bits per heavy atom. The number of carbonyl (C=O) groups excluding carboxylic acids is 1. The lowest BCUT2D eigenvalue weighted by Crippen LogP contribution is -2.10. The summed E-state index contributed by atoms with van der Waals surface area (Å²) < 4.78 is 28.9. The van der Waals surface area contributed by atoms with Gasteiger partial charge in [-0.2, -0.15) is 0 Å². The molecule has 0 aliphatic carbocycles. The van der Waals surface area contributed by atoms with Gasteiger partial charge in [0, 0.05) is 23.1 Å². The smallest absolute Gasteiger partial charge is 0.336 e. The molecule has 7 heteroatoms. The first-order valence-electron chi connectivity index (χ1n) is 8.68. The maximum absolute atomic E-state index is 13.7. The fourth-order valence-electron chi connectivity index (χ4n) is 2.91. The number of esters is 1. The molecule has 0 saturated heterocycles. The van der Waals surface area contributed by atoms with E-state index in [1.807, 2.05) is 6.92 Å². The van der Waals surface area contributed by atoms with Crippen LogP contribution in [0.4, 0.5) is 4.39 Å². The number of aromatic hydroxyl groups is 1. The highest BCUT2D eigenvalue weighted by molar-refractivity contribution is 5.83. The highest BCUT2D eigenvalue weighted by atomic mass is 19.1. The van der Waals surface area contributed by atoms with Gasteiger partial charge >= 0.3 is 11.6 Å². The Bertz CT molecular complexity index is 1090. The van der Waals surface area contributed by atoms with Crippen molar-refractivity contribution in [1.82, 2.24) is 0 Å². The predicted octanol–water partition coefficient (Wildman–Crippen LogP) is 3.49. The van der Waals surface area contributed by atoms with E-state index < -0.39 is 17.4 Å². The van der Waals surface area contributed by atoms with E-state index in [1.165, 1.54) is 31.4 Å². The molecule has 6 nitrogen and oxygen atoms in total. The van der Waals surface area contributed by atoms with Gasteiger partial charge in [-0.05, 0) is 35.7 Å². The standard InChI is InChI=1S/C21H19FO6/c1-3-13-8-15-14(9-21(25)28-19(15)10-17(13)23)11-27-20(24)7-12-4-5-18(26-2)16(22)6-12/h4-6,8-10,23H,3,7,11H2,1-2H3. The quantitative estimate of drug-likeness (QED) is 0.516. The van der Waals surface area contributed by atoms with E-state index in [2.05, 4.69) is 0 Å². The lowest BCUT2D eigenvalue weighted by atomic mass is 10.0. The minimum atomic E-state index is -0.612. The molecule has 1 heterocycles. The number of phenolic OH excluding ortho intramolecular Hbond substituents is 1. The van der Waals surface area contributed by atoms with Gasteiger partial charge in [-0.3, -0.25) is 4.79 Å². The Morgan fingerprint density at radius 2 is 1.96 bits per heavy atom. The molecule has 0 saturated carbocycles. The maximum atomic E-state index is 13.7. The average Bonchev–Trinajstić information content (AvgIpc) is 2.65. The molecule has 2 aromatic carbocycles. The van der Waals surface area contributed by atoms with Gasteiger partial charge < -0.3 is 19.0 Å². The van der Waals surface area contributed by atoms with E-state index in [1.54, 1.807) is 12.1 Å². The number of phenols is 1. The van der Waals surface area contributed by atoms with Gasteiger partial charge in [-0.15, -0.1) is 0 Å². The zero-order valence-electron chi connectivity index (χ0n) is 15.5. The number of hydrogen-bond donors (Lipinski definition) is 1. The Labute approximate surface area is 160 Å². The second kappa shape index (κ2) is 8.12. The third kappa shape index (κ3) is 4.14. The predicted molar refractivity (Wildman–Crippen MR) is 100.0 cm³/mol. The van der Waals surface area contributed by atoms with Crippen LogP contribution in [-0.2, 0) is 29.0 Å². The van der Waals surface area contributed by atoms with Gasteiger partial charge in [-0.25, -0.2) is 9.18 Å². The SMILES string of the molecule is CCc1cc2c(COC(=O)Cc3ccc(OC)c(F)c3)cc(=O)oc2cc1O. The molecule has 0 spiro atoms. The van der Waals surface area contributed by atoms with Gasteiger partial charge in [0.1, 0.15) is 17.9 Å². The van der Waals surface area contributed by atoms with Crippen molar-refractivity contribution in [2.45, 2.75) is 26.4 Å². The molecule has 146 valence electrons. The molecular weight excluding hydrogens is 367 g/mol. The number of carbonyl (C=O) groups is 1. The van der Waals surface area contributed by atoms with Gasteiger partial charge in [0.05, 0.1) is 13.5 Å². The molecule has 0 aliphatic heterocycles. The molecular formula is C21H19FO6. The number of hydrogen-bond acceptors (Lipinski definition) is 6. The van der Waals surface area contributed by atoms with E-state index in [0.29, 0.717) is 28.5 Å². The van der Waals surface area contributed by atoms with Gasteiger partial charge in [0.15, 0.2) is 11.6 Å². The summed E-state index contributed by atoms with van der Waals surface area (Å²) in [6.45, 7) is 1.74. The van der Waals surface area contributed by atoms with Crippen LogP contribution in [0.25, 0.3) is 11.0 Å². The van der Waals surface area contributed by atoms with Crippen LogP contribution in [0.3, 0.4) is 0 Å². The molecule has 0 radical (unpaired) electrons. The number of halogens is 1. The highest BCUT2D eigenvalue weighted by Crippen LogP contribution is 2.27. The maximum Gasteiger partial charge on any atom is 0.336 e. The van der Waals surface area contributed by atoms with Crippen molar-refractivity contribution >= 4 is 16.9 Å². The second-order valence-electron chi connectivity index (χ2n) is 6.23. The Morgan fingerprint density at radius 3 is 2.64 bits per heavy atom. The van der Waals surface area contributed by atoms with Crippen LogP contribution in [0.15, 0.2) is 45.6 Å². The summed E-state index contributed by atoms with van der Waals surface area (Å²) in [6, 6.07) is 8.55. The summed E-state index contributed by atoms with van der Waals surface area (Å²) in [5, 5.41) is 10.5. The summed E-state index contributed by atoms with van der Waals surface area (Å²) in [5.74, 6) is -1.00. The molecule has 0 unspecified atom stereocenters. The molecule has 0 fully saturated rings. The number of methoxy groups -OCH3 is 1. The number of ether oxygens (including phenoxy) is 2. The van der Waals surface area contributed by atoms with Crippen molar-refractivity contribution in [2.24, 2.45) is 0 Å². The summed E-state index contributed by atoms with van der Waals surface area (Å²) in [7, 11) is 1.36. The molecule has 3 aromatic rings. The summed E-state index contributed by atoms with van der Waals surface area (Å²) >= 11 is 0. The van der Waals surface area contributed by atoms with E-state index in [9.17, 15) is 19.1 Å². The average molecular weight is 386 g/mol. The van der Waals surface area contributed by atoms with Crippen molar-refractivity contribution in [3.05, 3.63) is 69.3 Å². The number of benzene rings is 2. The number of fused-ring (bicyclic) bond motifs is 1. The normalized spacial score (nSPS) is 10.8. The zero-order valence-corrected chi connectivity index (χ0v) is 15.5. The molecule has 28 heavy (non-hydrogen) atoms. The minimum absolute atomic E-state index is 0.0360. The van der Waals surface area contributed by atoms with Crippen LogP contribution in [0.2, 0.25) is 0 Å². The first-order chi connectivity index (χ1) is 13.4. The second-order valence-corrected chi connectivity index (χ2v) is 6.23. The molecule has 0 aliphatic rings. The van der Waals surface area contributed by atoms with Gasteiger partial charge in [0.2, 0.25) is 0 Å². The van der Waals surface area contributed by atoms with E-state index in [4.69, 9.17) is 13.9 Å². The molecule has 0 amide bonds. The lowest BCUT2D eigenvalue weighted by Gasteiger charge is -2.10. The van der Waals surface area contributed by atoms with Crippen LogP contribution >= 0.6 is 0 Å². The Balaban J connectivity index is 1.78. The largest absolute Gasteiger partial charge is 0.508 e. The number of rotatable bonds is 6. The Hall–Kier alpha value is -3.35. The van der Waals surface area contributed by atoms with Gasteiger partial charge in [0.25, 0.3) is 0 Å². The van der Waals surface area contributed by atoms with Crippen molar-refractivity contribution in [1.29, 1.82) is 0 Å². The monoisotopic (exact) mass is 386 g/mol. The fourth-order valence-corrected chi connectivity index (χ4v) is 2.91. The highest BCUT2D eigenvalue weighted by Gasteiger charge is 2.13. The van der Waals surface area contributed by atoms with Crippen molar-refractivity contribution in [2.75, 3.05) is 7.11 Å². The third-order valence-corrected chi connectivity index (χ3v) is 4.36. The molecule has 0 bridgehead atoms. The molecule has 1 N–H and O–H groups in total. The zero-order chi connectivity index (χ0) is 20.3. The van der Waals surface area contributed by atoms with Gasteiger partial charge in [-0.1, -0.05) is 13.0 Å². The van der Waals surface area contributed by atoms with Crippen molar-refractivity contribution in [3.63, 3.8) is 0 Å². The van der Waals surface area contributed by atoms with E-state index in [0.717, 1.165) is 0 Å². The lowest BCUT2D eigenvalue weighted by molar-refractivity contribution is -0.144. The first-order valence-corrected chi connectivity index (χ1v) is 8.68. The summed E-state index contributed by atoms with van der Waals surface area (Å²) in [6.07, 6.45) is 0.463. The number of aryl methyl sites for hydroxylation is 1. The van der Waals surface area contributed by atoms with Crippen LogP contribution in [0, 0.1) is 5.82 Å². The molecule has 0 atom stereocenters. The van der Waals surface area contributed by atoms with Crippen molar-refractivity contribution < 1.29 is 28.2 Å². The topological polar surface area (TPSA) is 86.0 Å². The minimum Gasteiger partial charge on any atom is -0.508 e. The fraction of sp³-hybridized carbons (Fsp3) is 0.238. The van der Waals surface area contributed by atoms with Crippen molar-refractivity contribution in [3.8, 4) is 11.5 Å². The summed E-state index contributed by atoms with van der Waals surface area (Å²) in [5.41, 5.74) is 1.20. The Kier molecular flexibility index (Phi) is 5.63. The molecule has 1 aromatic heterocycles. The first kappa shape index (κ1) is 19.4. The summed E-state index contributed by atoms with van der Waals surface area (Å²) in [4.78, 5) is 23.9. The van der Waals surface area contributed by atoms with E-state index in [-0.39, 0.29) is 30.1 Å². The van der Waals surface area contributed by atoms with Crippen LogP contribution in [-0.4, -0.2) is 18.2 Å².